The van der Waals surface area contributed by atoms with Gasteiger partial charge in [0.05, 0.1) is 11.1 Å². The number of hydrogen-bond donors (Lipinski definition) is 1. The van der Waals surface area contributed by atoms with Crippen molar-refractivity contribution in [2.45, 2.75) is 31.5 Å². The predicted molar refractivity (Wildman–Crippen MR) is 81.4 cm³/mol. The van der Waals surface area contributed by atoms with Crippen molar-refractivity contribution in [3.63, 3.8) is 0 Å². The highest BCUT2D eigenvalue weighted by Gasteiger charge is 2.32. The van der Waals surface area contributed by atoms with Crippen molar-refractivity contribution >= 4 is 17.5 Å². The van der Waals surface area contributed by atoms with Gasteiger partial charge < -0.3 is 10.1 Å². The summed E-state index contributed by atoms with van der Waals surface area (Å²) in [6, 6.07) is 3.83. The van der Waals surface area contributed by atoms with Crippen LogP contribution in [0.15, 0.2) is 30.9 Å². The lowest BCUT2D eigenvalue weighted by molar-refractivity contribution is -0.125. The number of ether oxygens (including phenoxy) is 1. The average Bonchev–Trinajstić information content (AvgIpc) is 3.20. The van der Waals surface area contributed by atoms with E-state index in [0.29, 0.717) is 18.6 Å². The highest BCUT2D eigenvalue weighted by atomic mass is 35.5. The Morgan fingerprint density at radius 3 is 3.09 bits per heavy atom. The normalized spacial score (nSPS) is 22.0. The van der Waals surface area contributed by atoms with E-state index in [-0.39, 0.29) is 17.0 Å². The molecule has 0 unspecified atom stereocenters. The molecule has 3 rings (SSSR count). The number of carbonyl (C=O) groups is 1. The van der Waals surface area contributed by atoms with E-state index in [1.807, 2.05) is 0 Å². The molecule has 122 valence electrons. The average molecular weight is 339 g/mol. The van der Waals surface area contributed by atoms with Gasteiger partial charge in [-0.25, -0.2) is 14.1 Å². The Hall–Kier alpha value is -1.99. The van der Waals surface area contributed by atoms with Gasteiger partial charge in [-0.2, -0.15) is 5.10 Å². The monoisotopic (exact) mass is 338 g/mol. The van der Waals surface area contributed by atoms with E-state index in [9.17, 15) is 9.18 Å². The second kappa shape index (κ2) is 6.64. The van der Waals surface area contributed by atoms with Crippen LogP contribution in [0.3, 0.4) is 0 Å². The minimum absolute atomic E-state index is 0.0622. The van der Waals surface area contributed by atoms with Crippen molar-refractivity contribution < 1.29 is 13.9 Å². The second-order valence-electron chi connectivity index (χ2n) is 5.42. The molecule has 6 nitrogen and oxygen atoms in total. The van der Waals surface area contributed by atoms with Crippen molar-refractivity contribution in [1.29, 1.82) is 0 Å². The summed E-state index contributed by atoms with van der Waals surface area (Å²) in [5.41, 5.74) is 0.656. The van der Waals surface area contributed by atoms with Crippen LogP contribution in [0.5, 0.6) is 0 Å². The maximum absolute atomic E-state index is 13.6. The summed E-state index contributed by atoms with van der Waals surface area (Å²) < 4.78 is 20.8. The first-order valence-corrected chi connectivity index (χ1v) is 7.65. The number of amides is 1. The van der Waals surface area contributed by atoms with Crippen LogP contribution >= 0.6 is 11.6 Å². The molecule has 0 radical (unpaired) electrons. The van der Waals surface area contributed by atoms with E-state index < -0.39 is 18.0 Å². The molecule has 0 spiro atoms. The zero-order valence-corrected chi connectivity index (χ0v) is 13.2. The van der Waals surface area contributed by atoms with E-state index in [0.717, 1.165) is 0 Å². The Labute approximate surface area is 137 Å². The topological polar surface area (TPSA) is 69.0 Å². The first-order valence-electron chi connectivity index (χ1n) is 7.27. The van der Waals surface area contributed by atoms with Crippen LogP contribution < -0.4 is 5.32 Å². The van der Waals surface area contributed by atoms with Gasteiger partial charge in [-0.3, -0.25) is 4.79 Å². The summed E-state index contributed by atoms with van der Waals surface area (Å²) in [6.07, 6.45) is 3.13. The third-order valence-electron chi connectivity index (χ3n) is 3.90. The lowest BCUT2D eigenvalue weighted by Gasteiger charge is -2.22. The molecular weight excluding hydrogens is 323 g/mol. The number of rotatable bonds is 4. The van der Waals surface area contributed by atoms with Gasteiger partial charge in [0.25, 0.3) is 0 Å². The summed E-state index contributed by atoms with van der Waals surface area (Å²) in [4.78, 5) is 16.2. The summed E-state index contributed by atoms with van der Waals surface area (Å²) >= 11 is 5.71. The van der Waals surface area contributed by atoms with Crippen molar-refractivity contribution in [3.8, 4) is 0 Å². The van der Waals surface area contributed by atoms with Gasteiger partial charge in [-0.15, -0.1) is 0 Å². The lowest BCUT2D eigenvalue weighted by Crippen LogP contribution is -2.40. The molecule has 8 heteroatoms. The Kier molecular flexibility index (Phi) is 4.58. The molecule has 0 bridgehead atoms. The molecule has 1 aliphatic rings. The Morgan fingerprint density at radius 2 is 2.39 bits per heavy atom. The smallest absolute Gasteiger partial charge is 0.244 e. The molecule has 1 saturated heterocycles. The molecule has 1 aromatic carbocycles. The molecule has 1 aromatic heterocycles. The molecule has 2 aromatic rings. The molecule has 0 aliphatic carbocycles. The number of nitrogens with zero attached hydrogens (tertiary/aromatic N) is 3. The third-order valence-corrected chi connectivity index (χ3v) is 4.21. The van der Waals surface area contributed by atoms with Gasteiger partial charge in [-0.1, -0.05) is 17.7 Å². The number of halogens is 2. The molecular formula is C15H16ClFN4O2. The summed E-state index contributed by atoms with van der Waals surface area (Å²) in [5.74, 6) is -0.689. The molecule has 1 N–H and O–H groups in total. The molecule has 2 heterocycles. The first-order chi connectivity index (χ1) is 11.1. The standard InChI is InChI=1S/C15H16ClFN4O2/c1-9(21-8-18-7-19-21)15(22)20-13-4-5-23-14(13)10-2-3-11(16)12(17)6-10/h2-3,6-9,13-14H,4-5H2,1H3,(H,20,22)/t9-,13-,14-/m1/s1. The van der Waals surface area contributed by atoms with E-state index in [2.05, 4.69) is 15.4 Å². The van der Waals surface area contributed by atoms with Crippen molar-refractivity contribution in [2.24, 2.45) is 0 Å². The summed E-state index contributed by atoms with van der Waals surface area (Å²) in [7, 11) is 0. The van der Waals surface area contributed by atoms with Gasteiger partial charge >= 0.3 is 0 Å². The Morgan fingerprint density at radius 1 is 1.57 bits per heavy atom. The van der Waals surface area contributed by atoms with Crippen molar-refractivity contribution in [1.82, 2.24) is 20.1 Å². The number of hydrogen-bond acceptors (Lipinski definition) is 4. The van der Waals surface area contributed by atoms with Crippen LogP contribution in [0.2, 0.25) is 5.02 Å². The van der Waals surface area contributed by atoms with E-state index in [1.165, 1.54) is 29.5 Å². The number of aromatic nitrogens is 3. The van der Waals surface area contributed by atoms with Gasteiger partial charge in [0.2, 0.25) is 5.91 Å². The highest BCUT2D eigenvalue weighted by Crippen LogP contribution is 2.31. The fraction of sp³-hybridized carbons (Fsp3) is 0.400. The third kappa shape index (κ3) is 3.35. The largest absolute Gasteiger partial charge is 0.371 e. The fourth-order valence-corrected chi connectivity index (χ4v) is 2.71. The zero-order valence-electron chi connectivity index (χ0n) is 12.4. The van der Waals surface area contributed by atoms with Crippen LogP contribution in [0.25, 0.3) is 0 Å². The fourth-order valence-electron chi connectivity index (χ4n) is 2.60. The minimum Gasteiger partial charge on any atom is -0.371 e. The number of benzene rings is 1. The van der Waals surface area contributed by atoms with E-state index >= 15 is 0 Å². The molecule has 1 aliphatic heterocycles. The van der Waals surface area contributed by atoms with Gasteiger partial charge in [0, 0.05) is 6.61 Å². The number of carbonyl (C=O) groups excluding carboxylic acids is 1. The molecule has 23 heavy (non-hydrogen) atoms. The lowest BCUT2D eigenvalue weighted by atomic mass is 10.0. The second-order valence-corrected chi connectivity index (χ2v) is 5.83. The SMILES string of the molecule is C[C@H](C(=O)N[C@@H]1CCO[C@@H]1c1ccc(Cl)c(F)c1)n1cncn1. The van der Waals surface area contributed by atoms with Crippen LogP contribution in [-0.4, -0.2) is 33.3 Å². The van der Waals surface area contributed by atoms with Gasteiger partial charge in [0.1, 0.15) is 30.6 Å². The Balaban J connectivity index is 1.71. The maximum atomic E-state index is 13.6. The molecule has 1 amide bonds. The zero-order chi connectivity index (χ0) is 16.4. The van der Waals surface area contributed by atoms with Crippen LogP contribution in [0, 0.1) is 5.82 Å². The van der Waals surface area contributed by atoms with Crippen LogP contribution in [-0.2, 0) is 9.53 Å². The van der Waals surface area contributed by atoms with Crippen molar-refractivity contribution in [3.05, 3.63) is 47.3 Å². The molecule has 3 atom stereocenters. The first kappa shape index (κ1) is 15.9. The van der Waals surface area contributed by atoms with Crippen LogP contribution in [0.1, 0.15) is 31.1 Å². The molecule has 0 saturated carbocycles. The van der Waals surface area contributed by atoms with E-state index in [1.54, 1.807) is 13.0 Å². The van der Waals surface area contributed by atoms with Gasteiger partial charge in [0.15, 0.2) is 0 Å². The van der Waals surface area contributed by atoms with Crippen molar-refractivity contribution in [2.75, 3.05) is 6.61 Å². The maximum Gasteiger partial charge on any atom is 0.244 e. The predicted octanol–water partition coefficient (Wildman–Crippen LogP) is 2.28. The minimum atomic E-state index is -0.499. The van der Waals surface area contributed by atoms with Gasteiger partial charge in [-0.05, 0) is 31.0 Å². The summed E-state index contributed by atoms with van der Waals surface area (Å²) in [6.45, 7) is 2.23. The quantitative estimate of drug-likeness (QED) is 0.928. The van der Waals surface area contributed by atoms with E-state index in [4.69, 9.17) is 16.3 Å². The highest BCUT2D eigenvalue weighted by molar-refractivity contribution is 6.30. The van der Waals surface area contributed by atoms with Crippen LogP contribution in [0.4, 0.5) is 4.39 Å². The Bertz CT molecular complexity index is 695. The molecule has 1 fully saturated rings. The number of nitrogens with one attached hydrogen (secondary N) is 1. The summed E-state index contributed by atoms with van der Waals surface area (Å²) in [5, 5.41) is 6.96.